The molecule has 2 unspecified atom stereocenters. The summed E-state index contributed by atoms with van der Waals surface area (Å²) in [5.41, 5.74) is 1.67. The molecule has 2 aliphatic heterocycles. The number of carbonyl (C=O) groups excluding carboxylic acids is 1. The van der Waals surface area contributed by atoms with Gasteiger partial charge in [-0.2, -0.15) is 0 Å². The predicted molar refractivity (Wildman–Crippen MR) is 112 cm³/mol. The lowest BCUT2D eigenvalue weighted by molar-refractivity contribution is -0.125. The molecule has 0 saturated carbocycles. The average molecular weight is 399 g/mol. The standard InChI is InChI=1S/C22H30N4O3/c1-2-12-29-22-20(24-18-9-3-4-10-19(18)25-22)26-11-5-7-16(15-26)21(27)23-14-17-8-6-13-28-17/h3-4,9-10,16-17H,2,5-8,11-15H2,1H3,(H,23,27). The fourth-order valence-corrected chi connectivity index (χ4v) is 4.02. The Hall–Kier alpha value is -2.41. The highest BCUT2D eigenvalue weighted by molar-refractivity contribution is 5.80. The number of carbonyl (C=O) groups is 1. The van der Waals surface area contributed by atoms with Crippen molar-refractivity contribution in [2.75, 3.05) is 37.7 Å². The predicted octanol–water partition coefficient (Wildman–Crippen LogP) is 2.93. The number of para-hydroxylation sites is 2. The second-order valence-electron chi connectivity index (χ2n) is 7.85. The molecular formula is C22H30N4O3. The average Bonchev–Trinajstić information content (AvgIpc) is 3.29. The van der Waals surface area contributed by atoms with Crippen molar-refractivity contribution in [1.82, 2.24) is 15.3 Å². The van der Waals surface area contributed by atoms with Crippen molar-refractivity contribution >= 4 is 22.8 Å². The van der Waals surface area contributed by atoms with Gasteiger partial charge in [0, 0.05) is 26.2 Å². The lowest BCUT2D eigenvalue weighted by Crippen LogP contribution is -2.45. The van der Waals surface area contributed by atoms with Gasteiger partial charge >= 0.3 is 0 Å². The molecule has 156 valence electrons. The number of fused-ring (bicyclic) bond motifs is 1. The Bertz CT molecular complexity index is 838. The summed E-state index contributed by atoms with van der Waals surface area (Å²) in [5, 5.41) is 3.09. The number of nitrogens with one attached hydrogen (secondary N) is 1. The van der Waals surface area contributed by atoms with Gasteiger partial charge in [-0.3, -0.25) is 4.79 Å². The number of ether oxygens (including phenoxy) is 2. The first-order chi connectivity index (χ1) is 14.2. The Morgan fingerprint density at radius 2 is 2.07 bits per heavy atom. The van der Waals surface area contributed by atoms with Gasteiger partial charge < -0.3 is 19.7 Å². The smallest absolute Gasteiger partial charge is 0.258 e. The number of anilines is 1. The lowest BCUT2D eigenvalue weighted by atomic mass is 9.97. The highest BCUT2D eigenvalue weighted by Crippen LogP contribution is 2.31. The molecule has 2 aromatic rings. The summed E-state index contributed by atoms with van der Waals surface area (Å²) in [5.74, 6) is 1.35. The van der Waals surface area contributed by atoms with E-state index in [4.69, 9.17) is 19.4 Å². The molecule has 7 nitrogen and oxygen atoms in total. The van der Waals surface area contributed by atoms with E-state index in [9.17, 15) is 4.79 Å². The maximum absolute atomic E-state index is 12.7. The van der Waals surface area contributed by atoms with Crippen LogP contribution in [0.5, 0.6) is 5.88 Å². The van der Waals surface area contributed by atoms with E-state index < -0.39 is 0 Å². The molecule has 4 rings (SSSR count). The summed E-state index contributed by atoms with van der Waals surface area (Å²) in [7, 11) is 0. The Kier molecular flexibility index (Phi) is 6.44. The number of rotatable bonds is 7. The van der Waals surface area contributed by atoms with Gasteiger partial charge in [-0.1, -0.05) is 19.1 Å². The summed E-state index contributed by atoms with van der Waals surface area (Å²) < 4.78 is 11.5. The third-order valence-electron chi connectivity index (χ3n) is 5.58. The minimum Gasteiger partial charge on any atom is -0.475 e. The van der Waals surface area contributed by atoms with Crippen molar-refractivity contribution in [3.8, 4) is 5.88 Å². The molecule has 2 fully saturated rings. The Morgan fingerprint density at radius 3 is 2.83 bits per heavy atom. The number of hydrogen-bond acceptors (Lipinski definition) is 6. The summed E-state index contributed by atoms with van der Waals surface area (Å²) in [6.45, 7) is 5.56. The fraction of sp³-hybridized carbons (Fsp3) is 0.591. The Labute approximate surface area is 171 Å². The van der Waals surface area contributed by atoms with Gasteiger partial charge in [-0.15, -0.1) is 0 Å². The molecule has 0 bridgehead atoms. The zero-order valence-corrected chi connectivity index (χ0v) is 17.1. The van der Waals surface area contributed by atoms with Crippen molar-refractivity contribution in [2.45, 2.75) is 45.1 Å². The van der Waals surface area contributed by atoms with Crippen LogP contribution in [0.25, 0.3) is 11.0 Å². The van der Waals surface area contributed by atoms with Crippen LogP contribution in [0, 0.1) is 5.92 Å². The molecule has 0 aliphatic carbocycles. The van der Waals surface area contributed by atoms with E-state index in [1.807, 2.05) is 24.3 Å². The Balaban J connectivity index is 1.49. The zero-order valence-electron chi connectivity index (χ0n) is 17.1. The van der Waals surface area contributed by atoms with Crippen LogP contribution < -0.4 is 15.0 Å². The second kappa shape index (κ2) is 9.39. The van der Waals surface area contributed by atoms with E-state index in [2.05, 4.69) is 17.1 Å². The highest BCUT2D eigenvalue weighted by atomic mass is 16.5. The number of piperidine rings is 1. The quantitative estimate of drug-likeness (QED) is 0.773. The molecule has 2 saturated heterocycles. The van der Waals surface area contributed by atoms with Gasteiger partial charge in [0.05, 0.1) is 29.7 Å². The van der Waals surface area contributed by atoms with Crippen LogP contribution in [-0.4, -0.2) is 54.8 Å². The van der Waals surface area contributed by atoms with E-state index in [1.165, 1.54) is 0 Å². The largest absolute Gasteiger partial charge is 0.475 e. The number of benzene rings is 1. The van der Waals surface area contributed by atoms with Crippen LogP contribution >= 0.6 is 0 Å². The van der Waals surface area contributed by atoms with E-state index in [0.717, 1.165) is 62.1 Å². The second-order valence-corrected chi connectivity index (χ2v) is 7.85. The molecule has 7 heteroatoms. The van der Waals surface area contributed by atoms with Gasteiger partial charge in [0.2, 0.25) is 5.91 Å². The van der Waals surface area contributed by atoms with E-state index >= 15 is 0 Å². The van der Waals surface area contributed by atoms with E-state index in [-0.39, 0.29) is 17.9 Å². The molecule has 1 N–H and O–H groups in total. The minimum atomic E-state index is -0.0579. The number of aromatic nitrogens is 2. The summed E-state index contributed by atoms with van der Waals surface area (Å²) in [6, 6.07) is 7.83. The molecule has 3 heterocycles. The number of nitrogens with zero attached hydrogens (tertiary/aromatic N) is 3. The van der Waals surface area contributed by atoms with Crippen LogP contribution in [0.4, 0.5) is 5.82 Å². The van der Waals surface area contributed by atoms with Crippen LogP contribution in [0.3, 0.4) is 0 Å². The zero-order chi connectivity index (χ0) is 20.1. The van der Waals surface area contributed by atoms with E-state index in [0.29, 0.717) is 25.6 Å². The minimum absolute atomic E-state index is 0.0579. The van der Waals surface area contributed by atoms with Gasteiger partial charge in [0.25, 0.3) is 5.88 Å². The third kappa shape index (κ3) is 4.78. The molecule has 0 radical (unpaired) electrons. The first kappa shape index (κ1) is 19.9. The highest BCUT2D eigenvalue weighted by Gasteiger charge is 2.29. The van der Waals surface area contributed by atoms with Gasteiger partial charge in [-0.05, 0) is 44.2 Å². The maximum Gasteiger partial charge on any atom is 0.258 e. The van der Waals surface area contributed by atoms with Crippen LogP contribution in [0.15, 0.2) is 24.3 Å². The number of amides is 1. The van der Waals surface area contributed by atoms with Crippen LogP contribution in [0.1, 0.15) is 39.0 Å². The first-order valence-electron chi connectivity index (χ1n) is 10.8. The molecule has 29 heavy (non-hydrogen) atoms. The molecule has 2 aliphatic rings. The van der Waals surface area contributed by atoms with Crippen molar-refractivity contribution < 1.29 is 14.3 Å². The Morgan fingerprint density at radius 1 is 1.24 bits per heavy atom. The molecule has 2 atom stereocenters. The van der Waals surface area contributed by atoms with Crippen molar-refractivity contribution in [1.29, 1.82) is 0 Å². The normalized spacial score (nSPS) is 22.0. The molecule has 1 aromatic heterocycles. The fourth-order valence-electron chi connectivity index (χ4n) is 4.02. The first-order valence-corrected chi connectivity index (χ1v) is 10.8. The van der Waals surface area contributed by atoms with Gasteiger partial charge in [-0.25, -0.2) is 9.97 Å². The monoisotopic (exact) mass is 398 g/mol. The van der Waals surface area contributed by atoms with Crippen molar-refractivity contribution in [2.24, 2.45) is 5.92 Å². The van der Waals surface area contributed by atoms with E-state index in [1.54, 1.807) is 0 Å². The topological polar surface area (TPSA) is 76.6 Å². The SMILES string of the molecule is CCCOc1nc2ccccc2nc1N1CCCC(C(=O)NCC2CCCO2)C1. The van der Waals surface area contributed by atoms with Crippen molar-refractivity contribution in [3.05, 3.63) is 24.3 Å². The molecule has 0 spiro atoms. The molecule has 1 aromatic carbocycles. The van der Waals surface area contributed by atoms with Crippen molar-refractivity contribution in [3.63, 3.8) is 0 Å². The van der Waals surface area contributed by atoms with Gasteiger partial charge in [0.1, 0.15) is 0 Å². The summed E-state index contributed by atoms with van der Waals surface area (Å²) in [4.78, 5) is 24.4. The molecule has 1 amide bonds. The lowest BCUT2D eigenvalue weighted by Gasteiger charge is -2.33. The maximum atomic E-state index is 12.7. The molecular weight excluding hydrogens is 368 g/mol. The van der Waals surface area contributed by atoms with Crippen LogP contribution in [0.2, 0.25) is 0 Å². The van der Waals surface area contributed by atoms with Crippen LogP contribution in [-0.2, 0) is 9.53 Å². The number of hydrogen-bond donors (Lipinski definition) is 1. The summed E-state index contributed by atoms with van der Waals surface area (Å²) in [6.07, 6.45) is 5.02. The third-order valence-corrected chi connectivity index (χ3v) is 5.58. The van der Waals surface area contributed by atoms with Gasteiger partial charge in [0.15, 0.2) is 5.82 Å². The summed E-state index contributed by atoms with van der Waals surface area (Å²) >= 11 is 0.